The van der Waals surface area contributed by atoms with Crippen molar-refractivity contribution in [2.75, 3.05) is 10.3 Å². The van der Waals surface area contributed by atoms with Crippen molar-refractivity contribution in [2.24, 2.45) is 5.10 Å². The molecule has 0 aliphatic carbocycles. The van der Waals surface area contributed by atoms with E-state index in [-0.39, 0.29) is 18.2 Å². The minimum atomic E-state index is -0.354. The fourth-order valence-corrected chi connectivity index (χ4v) is 2.54. The molecule has 122 valence electrons. The van der Waals surface area contributed by atoms with Gasteiger partial charge in [-0.2, -0.15) is 5.10 Å². The molecule has 2 aromatic carbocycles. The van der Waals surface area contributed by atoms with Crippen LogP contribution in [0.25, 0.3) is 0 Å². The van der Waals surface area contributed by atoms with Crippen LogP contribution >= 0.6 is 11.6 Å². The zero-order chi connectivity index (χ0) is 17.1. The molecule has 2 aromatic rings. The normalized spacial score (nSPS) is 14.3. The highest BCUT2D eigenvalue weighted by Gasteiger charge is 2.25. The van der Waals surface area contributed by atoms with Crippen molar-refractivity contribution in [3.8, 4) is 0 Å². The summed E-state index contributed by atoms with van der Waals surface area (Å²) in [6, 6.07) is 14.4. The van der Waals surface area contributed by atoms with E-state index in [1.807, 2.05) is 31.2 Å². The van der Waals surface area contributed by atoms with Gasteiger partial charge in [-0.15, -0.1) is 0 Å². The number of hydrogen-bond acceptors (Lipinski definition) is 3. The van der Waals surface area contributed by atoms with Crippen molar-refractivity contribution in [3.05, 3.63) is 59.1 Å². The molecule has 0 fully saturated rings. The number of nitrogens with one attached hydrogen (secondary N) is 1. The number of hydrazone groups is 1. The van der Waals surface area contributed by atoms with E-state index in [4.69, 9.17) is 11.6 Å². The third-order valence-electron chi connectivity index (χ3n) is 3.70. The Bertz CT molecular complexity index is 815. The molecule has 1 heterocycles. The van der Waals surface area contributed by atoms with E-state index in [1.165, 1.54) is 5.01 Å². The van der Waals surface area contributed by atoms with E-state index in [0.717, 1.165) is 5.56 Å². The molecule has 1 N–H and O–H groups in total. The van der Waals surface area contributed by atoms with Crippen molar-refractivity contribution >= 4 is 40.5 Å². The Balaban J connectivity index is 1.83. The van der Waals surface area contributed by atoms with Crippen molar-refractivity contribution in [3.63, 3.8) is 0 Å². The fourth-order valence-electron chi connectivity index (χ4n) is 2.36. The molecule has 1 aliphatic rings. The molecule has 5 nitrogen and oxygen atoms in total. The highest BCUT2D eigenvalue weighted by Crippen LogP contribution is 2.23. The summed E-state index contributed by atoms with van der Waals surface area (Å²) in [6.07, 6.45) is 0.542. The molecular weight excluding hydrogens is 326 g/mol. The van der Waals surface area contributed by atoms with Gasteiger partial charge in [-0.1, -0.05) is 41.4 Å². The number of carbonyl (C=O) groups excluding carboxylic acids is 2. The van der Waals surface area contributed by atoms with Crippen LogP contribution in [0, 0.1) is 6.92 Å². The predicted octanol–water partition coefficient (Wildman–Crippen LogP) is 3.77. The molecule has 0 atom stereocenters. The van der Waals surface area contributed by atoms with Crippen LogP contribution in [0.2, 0.25) is 5.02 Å². The van der Waals surface area contributed by atoms with E-state index in [2.05, 4.69) is 10.4 Å². The van der Waals surface area contributed by atoms with Gasteiger partial charge in [-0.25, -0.2) is 5.01 Å². The first-order chi connectivity index (χ1) is 11.5. The van der Waals surface area contributed by atoms with Gasteiger partial charge in [-0.05, 0) is 31.2 Å². The molecular formula is C18H16ClN3O2. The van der Waals surface area contributed by atoms with Crippen LogP contribution in [-0.4, -0.2) is 17.5 Å². The number of hydrogen-bond donors (Lipinski definition) is 1. The zero-order valence-electron chi connectivity index (χ0n) is 13.1. The Hall–Kier alpha value is -2.66. The Morgan fingerprint density at radius 2 is 1.83 bits per heavy atom. The maximum atomic E-state index is 12.4. The highest BCUT2D eigenvalue weighted by atomic mass is 35.5. The Kier molecular flexibility index (Phi) is 4.62. The van der Waals surface area contributed by atoms with E-state index >= 15 is 0 Å². The summed E-state index contributed by atoms with van der Waals surface area (Å²) < 4.78 is 0. The molecule has 0 saturated carbocycles. The van der Waals surface area contributed by atoms with Gasteiger partial charge in [0.25, 0.3) is 5.91 Å². The standard InChI is InChI=1S/C18H16ClN3O2/c1-12-6-8-13(9-7-12)22-17(23)11-10-16(21-22)18(24)20-15-5-3-2-4-14(15)19/h2-9H,10-11H2,1H3,(H,20,24). The summed E-state index contributed by atoms with van der Waals surface area (Å²) in [7, 11) is 0. The molecule has 0 aromatic heterocycles. The van der Waals surface area contributed by atoms with Crippen LogP contribution in [-0.2, 0) is 9.59 Å². The summed E-state index contributed by atoms with van der Waals surface area (Å²) in [5.41, 5.74) is 2.55. The molecule has 6 heteroatoms. The molecule has 0 radical (unpaired) electrons. The van der Waals surface area contributed by atoms with Crippen molar-refractivity contribution in [1.29, 1.82) is 0 Å². The zero-order valence-corrected chi connectivity index (χ0v) is 13.9. The number of aryl methyl sites for hydroxylation is 1. The van der Waals surface area contributed by atoms with E-state index in [1.54, 1.807) is 24.3 Å². The van der Waals surface area contributed by atoms with Gasteiger partial charge in [0.05, 0.1) is 16.4 Å². The molecule has 2 amide bonds. The molecule has 1 aliphatic heterocycles. The first-order valence-electron chi connectivity index (χ1n) is 7.57. The molecule has 3 rings (SSSR count). The lowest BCUT2D eigenvalue weighted by Crippen LogP contribution is -2.36. The Labute approximate surface area is 144 Å². The lowest BCUT2D eigenvalue weighted by Gasteiger charge is -2.23. The fraction of sp³-hybridized carbons (Fsp3) is 0.167. The molecule has 0 spiro atoms. The summed E-state index contributed by atoms with van der Waals surface area (Å²) in [5, 5.41) is 8.70. The number of rotatable bonds is 3. The highest BCUT2D eigenvalue weighted by molar-refractivity contribution is 6.45. The van der Waals surface area contributed by atoms with Crippen molar-refractivity contribution in [2.45, 2.75) is 19.8 Å². The maximum absolute atomic E-state index is 12.4. The summed E-state index contributed by atoms with van der Waals surface area (Å²) in [6.45, 7) is 1.97. The van der Waals surface area contributed by atoms with Gasteiger partial charge in [-0.3, -0.25) is 9.59 Å². The number of amides is 2. The SMILES string of the molecule is Cc1ccc(N2N=C(C(=O)Nc3ccccc3Cl)CCC2=O)cc1. The number of anilines is 2. The summed E-state index contributed by atoms with van der Waals surface area (Å²) in [4.78, 5) is 24.5. The monoisotopic (exact) mass is 341 g/mol. The van der Waals surface area contributed by atoms with Gasteiger partial charge in [0.2, 0.25) is 5.91 Å². The smallest absolute Gasteiger partial charge is 0.271 e. The van der Waals surface area contributed by atoms with Crippen molar-refractivity contribution < 1.29 is 9.59 Å². The topological polar surface area (TPSA) is 61.8 Å². The minimum Gasteiger partial charge on any atom is -0.320 e. The second kappa shape index (κ2) is 6.84. The second-order valence-electron chi connectivity index (χ2n) is 5.52. The predicted molar refractivity (Wildman–Crippen MR) is 95.4 cm³/mol. The van der Waals surface area contributed by atoms with Crippen LogP contribution < -0.4 is 10.3 Å². The molecule has 0 saturated heterocycles. The van der Waals surface area contributed by atoms with E-state index < -0.39 is 0 Å². The second-order valence-corrected chi connectivity index (χ2v) is 5.93. The number of nitrogens with zero attached hydrogens (tertiary/aromatic N) is 2. The molecule has 24 heavy (non-hydrogen) atoms. The quantitative estimate of drug-likeness (QED) is 0.923. The van der Waals surface area contributed by atoms with Gasteiger partial charge < -0.3 is 5.32 Å². The van der Waals surface area contributed by atoms with Crippen molar-refractivity contribution in [1.82, 2.24) is 0 Å². The first kappa shape index (κ1) is 16.2. The maximum Gasteiger partial charge on any atom is 0.271 e. The van der Waals surface area contributed by atoms with Crippen LogP contribution in [0.15, 0.2) is 53.6 Å². The first-order valence-corrected chi connectivity index (χ1v) is 7.95. The average Bonchev–Trinajstić information content (AvgIpc) is 2.58. The summed E-state index contributed by atoms with van der Waals surface area (Å²) >= 11 is 6.05. The number of benzene rings is 2. The lowest BCUT2D eigenvalue weighted by atomic mass is 10.1. The largest absolute Gasteiger partial charge is 0.320 e. The number of halogens is 1. The van der Waals surface area contributed by atoms with E-state index in [9.17, 15) is 9.59 Å². The van der Waals surface area contributed by atoms with Crippen LogP contribution in [0.4, 0.5) is 11.4 Å². The minimum absolute atomic E-state index is 0.131. The third-order valence-corrected chi connectivity index (χ3v) is 4.02. The molecule has 0 unspecified atom stereocenters. The van der Waals surface area contributed by atoms with Gasteiger partial charge in [0.15, 0.2) is 0 Å². The Morgan fingerprint density at radius 1 is 1.12 bits per heavy atom. The lowest BCUT2D eigenvalue weighted by molar-refractivity contribution is -0.118. The number of carbonyl (C=O) groups is 2. The molecule has 0 bridgehead atoms. The van der Waals surface area contributed by atoms with Gasteiger partial charge >= 0.3 is 0 Å². The third kappa shape index (κ3) is 3.46. The summed E-state index contributed by atoms with van der Waals surface area (Å²) in [5.74, 6) is -0.485. The number of para-hydroxylation sites is 1. The average molecular weight is 342 g/mol. The van der Waals surface area contributed by atoms with E-state index in [0.29, 0.717) is 28.5 Å². The van der Waals surface area contributed by atoms with Gasteiger partial charge in [0, 0.05) is 12.8 Å². The van der Waals surface area contributed by atoms with Crippen LogP contribution in [0.5, 0.6) is 0 Å². The van der Waals surface area contributed by atoms with Gasteiger partial charge in [0.1, 0.15) is 5.71 Å². The Morgan fingerprint density at radius 3 is 2.54 bits per heavy atom. The van der Waals surface area contributed by atoms with Crippen LogP contribution in [0.3, 0.4) is 0 Å². The van der Waals surface area contributed by atoms with Crippen LogP contribution in [0.1, 0.15) is 18.4 Å².